The van der Waals surface area contributed by atoms with Gasteiger partial charge < -0.3 is 20.1 Å². The zero-order chi connectivity index (χ0) is 15.8. The number of rotatable bonds is 7. The SMILES string of the molecule is COCCNC(=O)N(CCCO)C1CCCc2ccccc21. The molecule has 0 saturated heterocycles. The fraction of sp³-hybridized carbons (Fsp3) is 0.588. The van der Waals surface area contributed by atoms with Crippen molar-refractivity contribution in [2.45, 2.75) is 31.7 Å². The maximum atomic E-state index is 12.5. The lowest BCUT2D eigenvalue weighted by Gasteiger charge is -2.36. The highest BCUT2D eigenvalue weighted by atomic mass is 16.5. The number of aliphatic hydroxyl groups excluding tert-OH is 1. The molecule has 2 rings (SSSR count). The Morgan fingerprint density at radius 1 is 1.45 bits per heavy atom. The number of carbonyl (C=O) groups excluding carboxylic acids is 1. The van der Waals surface area contributed by atoms with E-state index in [1.54, 1.807) is 7.11 Å². The van der Waals surface area contributed by atoms with Gasteiger partial charge in [0.2, 0.25) is 0 Å². The van der Waals surface area contributed by atoms with Gasteiger partial charge in [-0.25, -0.2) is 4.79 Å². The van der Waals surface area contributed by atoms with Crippen molar-refractivity contribution in [2.75, 3.05) is 33.4 Å². The molecule has 0 bridgehead atoms. The summed E-state index contributed by atoms with van der Waals surface area (Å²) in [7, 11) is 1.62. The first-order valence-corrected chi connectivity index (χ1v) is 8.00. The van der Waals surface area contributed by atoms with Gasteiger partial charge in [-0.15, -0.1) is 0 Å². The fourth-order valence-corrected chi connectivity index (χ4v) is 3.05. The second-order valence-electron chi connectivity index (χ2n) is 5.60. The molecular weight excluding hydrogens is 280 g/mol. The normalized spacial score (nSPS) is 16.9. The van der Waals surface area contributed by atoms with Gasteiger partial charge >= 0.3 is 6.03 Å². The van der Waals surface area contributed by atoms with E-state index < -0.39 is 0 Å². The Balaban J connectivity index is 2.13. The van der Waals surface area contributed by atoms with Crippen molar-refractivity contribution in [1.82, 2.24) is 10.2 Å². The number of nitrogens with zero attached hydrogens (tertiary/aromatic N) is 1. The summed E-state index contributed by atoms with van der Waals surface area (Å²) in [6.07, 6.45) is 3.73. The Morgan fingerprint density at radius 3 is 3.05 bits per heavy atom. The molecular formula is C17H26N2O3. The summed E-state index contributed by atoms with van der Waals surface area (Å²) in [5, 5.41) is 12.0. The molecule has 0 radical (unpaired) electrons. The van der Waals surface area contributed by atoms with Gasteiger partial charge in [0.25, 0.3) is 0 Å². The summed E-state index contributed by atoms with van der Waals surface area (Å²) in [5.74, 6) is 0. The molecule has 1 atom stereocenters. The monoisotopic (exact) mass is 306 g/mol. The van der Waals surface area contributed by atoms with Crippen molar-refractivity contribution in [3.05, 3.63) is 35.4 Å². The number of aryl methyl sites for hydroxylation is 1. The van der Waals surface area contributed by atoms with Crippen LogP contribution in [0.25, 0.3) is 0 Å². The van der Waals surface area contributed by atoms with Crippen LogP contribution in [0.1, 0.15) is 36.4 Å². The second kappa shape index (κ2) is 8.76. The van der Waals surface area contributed by atoms with Crippen molar-refractivity contribution < 1.29 is 14.6 Å². The van der Waals surface area contributed by atoms with E-state index in [2.05, 4.69) is 23.5 Å². The molecule has 1 unspecified atom stereocenters. The smallest absolute Gasteiger partial charge is 0.317 e. The van der Waals surface area contributed by atoms with E-state index in [1.165, 1.54) is 11.1 Å². The van der Waals surface area contributed by atoms with Gasteiger partial charge in [0.1, 0.15) is 0 Å². The Morgan fingerprint density at radius 2 is 2.27 bits per heavy atom. The lowest BCUT2D eigenvalue weighted by molar-refractivity contribution is 0.151. The Kier molecular flexibility index (Phi) is 6.68. The zero-order valence-corrected chi connectivity index (χ0v) is 13.3. The standard InChI is InChI=1S/C17H26N2O3/c1-22-13-10-18-17(21)19(11-5-12-20)16-9-4-7-14-6-2-3-8-15(14)16/h2-3,6,8,16,20H,4-5,7,9-13H2,1H3,(H,18,21). The Hall–Kier alpha value is -1.59. The molecule has 22 heavy (non-hydrogen) atoms. The van der Waals surface area contributed by atoms with Crippen molar-refractivity contribution in [1.29, 1.82) is 0 Å². The van der Waals surface area contributed by atoms with Gasteiger partial charge in [-0.05, 0) is 36.8 Å². The largest absolute Gasteiger partial charge is 0.396 e. The van der Waals surface area contributed by atoms with E-state index in [-0.39, 0.29) is 18.7 Å². The molecule has 2 amide bonds. The predicted octanol–water partition coefficient (Wildman–Crippen LogP) is 2.10. The van der Waals surface area contributed by atoms with E-state index in [0.717, 1.165) is 19.3 Å². The molecule has 1 aromatic rings. The minimum Gasteiger partial charge on any atom is -0.396 e. The van der Waals surface area contributed by atoms with Gasteiger partial charge in [0.05, 0.1) is 12.6 Å². The summed E-state index contributed by atoms with van der Waals surface area (Å²) in [6, 6.07) is 8.37. The van der Waals surface area contributed by atoms with Crippen LogP contribution < -0.4 is 5.32 Å². The van der Waals surface area contributed by atoms with Crippen LogP contribution in [0.15, 0.2) is 24.3 Å². The van der Waals surface area contributed by atoms with E-state index in [4.69, 9.17) is 9.84 Å². The molecule has 5 heteroatoms. The van der Waals surface area contributed by atoms with Gasteiger partial charge in [0, 0.05) is 26.8 Å². The first-order valence-electron chi connectivity index (χ1n) is 8.00. The molecule has 0 fully saturated rings. The Labute approximate surface area is 132 Å². The third kappa shape index (κ3) is 4.21. The van der Waals surface area contributed by atoms with Crippen LogP contribution in [0.2, 0.25) is 0 Å². The third-order valence-electron chi connectivity index (χ3n) is 4.11. The average molecular weight is 306 g/mol. The topological polar surface area (TPSA) is 61.8 Å². The second-order valence-corrected chi connectivity index (χ2v) is 5.60. The number of ether oxygens (including phenoxy) is 1. The molecule has 1 aliphatic rings. The van der Waals surface area contributed by atoms with Crippen molar-refractivity contribution >= 4 is 6.03 Å². The molecule has 122 valence electrons. The third-order valence-corrected chi connectivity index (χ3v) is 4.11. The lowest BCUT2D eigenvalue weighted by Crippen LogP contribution is -2.44. The van der Waals surface area contributed by atoms with E-state index in [1.807, 2.05) is 11.0 Å². The minimum absolute atomic E-state index is 0.0767. The maximum absolute atomic E-state index is 12.5. The van der Waals surface area contributed by atoms with Crippen molar-refractivity contribution in [3.8, 4) is 0 Å². The summed E-state index contributed by atoms with van der Waals surface area (Å²) in [5.41, 5.74) is 2.58. The molecule has 0 heterocycles. The molecule has 0 aliphatic heterocycles. The number of urea groups is 1. The van der Waals surface area contributed by atoms with Crippen molar-refractivity contribution in [3.63, 3.8) is 0 Å². The van der Waals surface area contributed by atoms with Gasteiger partial charge in [0.15, 0.2) is 0 Å². The van der Waals surface area contributed by atoms with Crippen LogP contribution in [0.3, 0.4) is 0 Å². The molecule has 1 aromatic carbocycles. The van der Waals surface area contributed by atoms with Crippen LogP contribution in [-0.4, -0.2) is 49.5 Å². The number of fused-ring (bicyclic) bond motifs is 1. The summed E-state index contributed by atoms with van der Waals surface area (Å²) >= 11 is 0. The van der Waals surface area contributed by atoms with Crippen LogP contribution in [0.5, 0.6) is 0 Å². The molecule has 5 nitrogen and oxygen atoms in total. The number of hydrogen-bond donors (Lipinski definition) is 2. The van der Waals surface area contributed by atoms with E-state index in [0.29, 0.717) is 26.1 Å². The number of amides is 2. The van der Waals surface area contributed by atoms with Crippen LogP contribution in [0.4, 0.5) is 4.79 Å². The van der Waals surface area contributed by atoms with Crippen LogP contribution in [-0.2, 0) is 11.2 Å². The van der Waals surface area contributed by atoms with Gasteiger partial charge in [-0.1, -0.05) is 24.3 Å². The Bertz CT molecular complexity index is 479. The van der Waals surface area contributed by atoms with E-state index >= 15 is 0 Å². The number of benzene rings is 1. The number of methoxy groups -OCH3 is 1. The zero-order valence-electron chi connectivity index (χ0n) is 13.3. The summed E-state index contributed by atoms with van der Waals surface area (Å²) in [4.78, 5) is 14.4. The summed E-state index contributed by atoms with van der Waals surface area (Å²) in [6.45, 7) is 1.66. The first kappa shape index (κ1) is 16.8. The minimum atomic E-state index is -0.0767. The molecule has 0 aromatic heterocycles. The average Bonchev–Trinajstić information content (AvgIpc) is 2.55. The number of nitrogens with one attached hydrogen (secondary N) is 1. The van der Waals surface area contributed by atoms with Crippen molar-refractivity contribution in [2.24, 2.45) is 0 Å². The van der Waals surface area contributed by atoms with Crippen LogP contribution in [0, 0.1) is 0 Å². The highest BCUT2D eigenvalue weighted by Crippen LogP contribution is 2.34. The highest BCUT2D eigenvalue weighted by Gasteiger charge is 2.28. The maximum Gasteiger partial charge on any atom is 0.317 e. The molecule has 0 saturated carbocycles. The molecule has 1 aliphatic carbocycles. The molecule has 0 spiro atoms. The summed E-state index contributed by atoms with van der Waals surface area (Å²) < 4.78 is 4.98. The van der Waals surface area contributed by atoms with Gasteiger partial charge in [-0.3, -0.25) is 0 Å². The number of carbonyl (C=O) groups is 1. The number of hydrogen-bond acceptors (Lipinski definition) is 3. The fourth-order valence-electron chi connectivity index (χ4n) is 3.05. The molecule has 2 N–H and O–H groups in total. The lowest BCUT2D eigenvalue weighted by atomic mass is 9.87. The first-order chi connectivity index (χ1) is 10.8. The highest BCUT2D eigenvalue weighted by molar-refractivity contribution is 5.75. The van der Waals surface area contributed by atoms with E-state index in [9.17, 15) is 4.79 Å². The van der Waals surface area contributed by atoms with Gasteiger partial charge in [-0.2, -0.15) is 0 Å². The van der Waals surface area contributed by atoms with Crippen LogP contribution >= 0.6 is 0 Å². The predicted molar refractivity (Wildman–Crippen MR) is 85.8 cm³/mol. The quantitative estimate of drug-likeness (QED) is 0.758. The number of aliphatic hydroxyl groups is 1.